The molecule has 1 N–H and O–H groups in total. The van der Waals surface area contributed by atoms with Gasteiger partial charge < -0.3 is 10.2 Å². The molecule has 0 aliphatic heterocycles. The molecule has 7 nitrogen and oxygen atoms in total. The number of anilines is 2. The summed E-state index contributed by atoms with van der Waals surface area (Å²) in [6.07, 6.45) is 4.19. The monoisotopic (exact) mass is 299 g/mol. The first-order valence-corrected chi connectivity index (χ1v) is 7.91. The van der Waals surface area contributed by atoms with Crippen molar-refractivity contribution in [3.63, 3.8) is 0 Å². The second-order valence-electron chi connectivity index (χ2n) is 4.32. The number of aromatic nitrogens is 2. The van der Waals surface area contributed by atoms with Crippen LogP contribution in [0.3, 0.4) is 0 Å². The second kappa shape index (κ2) is 7.88. The van der Waals surface area contributed by atoms with Gasteiger partial charge in [-0.3, -0.25) is 10.1 Å². The molecule has 0 aliphatic rings. The van der Waals surface area contributed by atoms with Gasteiger partial charge in [-0.05, 0) is 19.6 Å². The van der Waals surface area contributed by atoms with Crippen LogP contribution in [0, 0.1) is 10.1 Å². The highest BCUT2D eigenvalue weighted by Crippen LogP contribution is 2.27. The van der Waals surface area contributed by atoms with Crippen molar-refractivity contribution < 1.29 is 4.92 Å². The molecule has 1 aromatic heterocycles. The third kappa shape index (κ3) is 3.96. The third-order valence-corrected chi connectivity index (χ3v) is 3.71. The summed E-state index contributed by atoms with van der Waals surface area (Å²) in [5, 5.41) is 14.1. The van der Waals surface area contributed by atoms with Crippen LogP contribution in [0.15, 0.2) is 6.20 Å². The van der Waals surface area contributed by atoms with Gasteiger partial charge in [-0.15, -0.1) is 0 Å². The lowest BCUT2D eigenvalue weighted by Gasteiger charge is -2.27. The van der Waals surface area contributed by atoms with Crippen LogP contribution in [0.5, 0.6) is 0 Å². The molecule has 0 aliphatic carbocycles. The Labute approximate surface area is 123 Å². The molecule has 1 unspecified atom stereocenters. The summed E-state index contributed by atoms with van der Waals surface area (Å²) in [5.74, 6) is 1.67. The molecule has 0 aromatic carbocycles. The van der Waals surface area contributed by atoms with E-state index in [1.54, 1.807) is 11.8 Å². The maximum atomic E-state index is 11.1. The van der Waals surface area contributed by atoms with Gasteiger partial charge in [-0.2, -0.15) is 16.7 Å². The molecule has 1 heterocycles. The minimum Gasteiger partial charge on any atom is -0.354 e. The van der Waals surface area contributed by atoms with Gasteiger partial charge in [-0.25, -0.2) is 4.98 Å². The summed E-state index contributed by atoms with van der Waals surface area (Å²) in [6, 6.07) is 0.202. The van der Waals surface area contributed by atoms with E-state index in [0.29, 0.717) is 18.3 Å². The highest BCUT2D eigenvalue weighted by Gasteiger charge is 2.24. The Bertz CT molecular complexity index is 457. The van der Waals surface area contributed by atoms with Crippen molar-refractivity contribution in [1.29, 1.82) is 0 Å². The quantitative estimate of drug-likeness (QED) is 0.582. The Hall–Kier alpha value is -1.57. The molecule has 0 saturated carbocycles. The number of nitro groups is 1. The van der Waals surface area contributed by atoms with Crippen molar-refractivity contribution >= 4 is 29.2 Å². The summed E-state index contributed by atoms with van der Waals surface area (Å²) in [7, 11) is 1.84. The molecular weight excluding hydrogens is 278 g/mol. The van der Waals surface area contributed by atoms with Crippen molar-refractivity contribution in [2.75, 3.05) is 35.8 Å². The van der Waals surface area contributed by atoms with Crippen LogP contribution in [0.4, 0.5) is 17.5 Å². The van der Waals surface area contributed by atoms with Crippen molar-refractivity contribution in [2.45, 2.75) is 26.3 Å². The molecular formula is C12H21N5O2S. The maximum absolute atomic E-state index is 11.1. The minimum atomic E-state index is -0.437. The zero-order chi connectivity index (χ0) is 15.1. The van der Waals surface area contributed by atoms with E-state index in [1.165, 1.54) is 6.20 Å². The summed E-state index contributed by atoms with van der Waals surface area (Å²) in [6.45, 7) is 4.66. The Balaban J connectivity index is 3.16. The van der Waals surface area contributed by atoms with Crippen LogP contribution >= 0.6 is 11.8 Å². The number of hydrogen-bond donors (Lipinski definition) is 1. The molecule has 0 amide bonds. The SMILES string of the molecule is CCNc1ncc([N+](=O)[O-])c(N(C)C(CC)CSC)n1. The highest BCUT2D eigenvalue weighted by atomic mass is 32.2. The van der Waals surface area contributed by atoms with Gasteiger partial charge in [0.1, 0.15) is 6.20 Å². The van der Waals surface area contributed by atoms with E-state index in [2.05, 4.69) is 22.2 Å². The van der Waals surface area contributed by atoms with Crippen molar-refractivity contribution in [3.8, 4) is 0 Å². The molecule has 0 radical (unpaired) electrons. The van der Waals surface area contributed by atoms with E-state index in [4.69, 9.17) is 0 Å². The third-order valence-electron chi connectivity index (χ3n) is 2.99. The zero-order valence-corrected chi connectivity index (χ0v) is 13.1. The average Bonchev–Trinajstić information content (AvgIpc) is 2.44. The van der Waals surface area contributed by atoms with Crippen molar-refractivity contribution in [2.24, 2.45) is 0 Å². The summed E-state index contributed by atoms with van der Waals surface area (Å²) in [4.78, 5) is 20.8. The van der Waals surface area contributed by atoms with Gasteiger partial charge in [0, 0.05) is 25.4 Å². The molecule has 1 rings (SSSR count). The van der Waals surface area contributed by atoms with Gasteiger partial charge in [0.15, 0.2) is 0 Å². The highest BCUT2D eigenvalue weighted by molar-refractivity contribution is 7.98. The first kappa shape index (κ1) is 16.5. The second-order valence-corrected chi connectivity index (χ2v) is 5.23. The number of hydrogen-bond acceptors (Lipinski definition) is 7. The Morgan fingerprint density at radius 3 is 2.75 bits per heavy atom. The van der Waals surface area contributed by atoms with E-state index < -0.39 is 4.92 Å². The average molecular weight is 299 g/mol. The Morgan fingerprint density at radius 1 is 1.55 bits per heavy atom. The molecule has 1 atom stereocenters. The molecule has 1 aromatic rings. The fourth-order valence-corrected chi connectivity index (χ4v) is 2.71. The van der Waals surface area contributed by atoms with Crippen LogP contribution in [0.1, 0.15) is 20.3 Å². The van der Waals surface area contributed by atoms with Crippen LogP contribution in [0.2, 0.25) is 0 Å². The fourth-order valence-electron chi connectivity index (χ4n) is 1.87. The van der Waals surface area contributed by atoms with E-state index >= 15 is 0 Å². The fraction of sp³-hybridized carbons (Fsp3) is 0.667. The van der Waals surface area contributed by atoms with Gasteiger partial charge in [0.2, 0.25) is 11.8 Å². The predicted molar refractivity (Wildman–Crippen MR) is 83.7 cm³/mol. The number of thioether (sulfide) groups is 1. The molecule has 0 spiro atoms. The van der Waals surface area contributed by atoms with Gasteiger partial charge >= 0.3 is 5.69 Å². The lowest BCUT2D eigenvalue weighted by molar-refractivity contribution is -0.384. The predicted octanol–water partition coefficient (Wildman–Crippen LogP) is 2.39. The summed E-state index contributed by atoms with van der Waals surface area (Å²) in [5.41, 5.74) is -0.0614. The van der Waals surface area contributed by atoms with Crippen molar-refractivity contribution in [1.82, 2.24) is 9.97 Å². The van der Waals surface area contributed by atoms with E-state index in [-0.39, 0.29) is 11.7 Å². The van der Waals surface area contributed by atoms with E-state index in [9.17, 15) is 10.1 Å². The molecule has 0 saturated heterocycles. The largest absolute Gasteiger partial charge is 0.354 e. The number of rotatable bonds is 8. The number of nitrogens with one attached hydrogen (secondary N) is 1. The van der Waals surface area contributed by atoms with Crippen LogP contribution in [-0.2, 0) is 0 Å². The van der Waals surface area contributed by atoms with Crippen LogP contribution in [0.25, 0.3) is 0 Å². The Kier molecular flexibility index (Phi) is 6.50. The standard InChI is InChI=1S/C12H21N5O2S/c1-5-9(8-20-4)16(3)11-10(17(18)19)7-14-12(15-11)13-6-2/h7,9H,5-6,8H2,1-4H3,(H,13,14,15). The summed E-state index contributed by atoms with van der Waals surface area (Å²) >= 11 is 1.72. The Morgan fingerprint density at radius 2 is 2.25 bits per heavy atom. The number of nitrogens with zero attached hydrogens (tertiary/aromatic N) is 4. The topological polar surface area (TPSA) is 84.2 Å². The first-order chi connectivity index (χ1) is 9.54. The van der Waals surface area contributed by atoms with Gasteiger partial charge in [0.05, 0.1) is 4.92 Å². The summed E-state index contributed by atoms with van der Waals surface area (Å²) < 4.78 is 0. The molecule has 20 heavy (non-hydrogen) atoms. The van der Waals surface area contributed by atoms with Gasteiger partial charge in [-0.1, -0.05) is 6.92 Å². The molecule has 112 valence electrons. The molecule has 0 fully saturated rings. The molecule has 0 bridgehead atoms. The van der Waals surface area contributed by atoms with E-state index in [1.807, 2.05) is 25.1 Å². The van der Waals surface area contributed by atoms with Crippen LogP contribution in [-0.4, -0.2) is 46.5 Å². The smallest absolute Gasteiger partial charge is 0.329 e. The normalized spacial score (nSPS) is 12.0. The van der Waals surface area contributed by atoms with Crippen molar-refractivity contribution in [3.05, 3.63) is 16.3 Å². The van der Waals surface area contributed by atoms with E-state index in [0.717, 1.165) is 12.2 Å². The van der Waals surface area contributed by atoms with Gasteiger partial charge in [0.25, 0.3) is 0 Å². The van der Waals surface area contributed by atoms with Crippen LogP contribution < -0.4 is 10.2 Å². The minimum absolute atomic E-state index is 0.0614. The first-order valence-electron chi connectivity index (χ1n) is 6.52. The molecule has 8 heteroatoms. The lowest BCUT2D eigenvalue weighted by atomic mass is 10.2. The maximum Gasteiger partial charge on any atom is 0.329 e. The lowest BCUT2D eigenvalue weighted by Crippen LogP contribution is -2.34. The zero-order valence-electron chi connectivity index (χ0n) is 12.3.